The van der Waals surface area contributed by atoms with E-state index < -0.39 is 17.6 Å². The van der Waals surface area contributed by atoms with Crippen LogP contribution in [0.3, 0.4) is 0 Å². The number of pyridine rings is 1. The SMILES string of the molecule is O=Cc1ncc(C(F)(F)F)cc1-c1cccc(F)c1. The minimum Gasteiger partial charge on any atom is -0.296 e. The van der Waals surface area contributed by atoms with Gasteiger partial charge in [0.2, 0.25) is 0 Å². The van der Waals surface area contributed by atoms with E-state index in [1.165, 1.54) is 12.1 Å². The van der Waals surface area contributed by atoms with Crippen molar-refractivity contribution in [3.05, 3.63) is 53.6 Å². The number of aldehydes is 1. The molecule has 1 aromatic carbocycles. The Morgan fingerprint density at radius 2 is 1.89 bits per heavy atom. The number of alkyl halides is 3. The monoisotopic (exact) mass is 269 g/mol. The molecule has 0 saturated carbocycles. The van der Waals surface area contributed by atoms with Crippen molar-refractivity contribution in [2.45, 2.75) is 6.18 Å². The van der Waals surface area contributed by atoms with Gasteiger partial charge in [0, 0.05) is 11.8 Å². The van der Waals surface area contributed by atoms with Crippen LogP contribution >= 0.6 is 0 Å². The highest BCUT2D eigenvalue weighted by molar-refractivity contribution is 5.85. The molecular formula is C13H7F4NO. The lowest BCUT2D eigenvalue weighted by Crippen LogP contribution is -2.07. The van der Waals surface area contributed by atoms with E-state index in [-0.39, 0.29) is 16.8 Å². The highest BCUT2D eigenvalue weighted by atomic mass is 19.4. The number of halogens is 4. The van der Waals surface area contributed by atoms with Crippen molar-refractivity contribution < 1.29 is 22.4 Å². The van der Waals surface area contributed by atoms with E-state index in [4.69, 9.17) is 0 Å². The van der Waals surface area contributed by atoms with Gasteiger partial charge in [0.05, 0.1) is 5.56 Å². The van der Waals surface area contributed by atoms with Gasteiger partial charge in [0.25, 0.3) is 0 Å². The lowest BCUT2D eigenvalue weighted by molar-refractivity contribution is -0.137. The maximum Gasteiger partial charge on any atom is 0.417 e. The molecule has 1 heterocycles. The van der Waals surface area contributed by atoms with Crippen LogP contribution < -0.4 is 0 Å². The predicted octanol–water partition coefficient (Wildman–Crippen LogP) is 3.72. The van der Waals surface area contributed by atoms with E-state index >= 15 is 0 Å². The second kappa shape index (κ2) is 4.79. The smallest absolute Gasteiger partial charge is 0.296 e. The highest BCUT2D eigenvalue weighted by Crippen LogP contribution is 2.32. The summed E-state index contributed by atoms with van der Waals surface area (Å²) < 4.78 is 50.9. The Bertz CT molecular complexity index is 622. The van der Waals surface area contributed by atoms with Crippen molar-refractivity contribution in [3.63, 3.8) is 0 Å². The molecule has 6 heteroatoms. The summed E-state index contributed by atoms with van der Waals surface area (Å²) in [6.45, 7) is 0. The third kappa shape index (κ3) is 2.78. The number of carbonyl (C=O) groups excluding carboxylic acids is 1. The summed E-state index contributed by atoms with van der Waals surface area (Å²) in [5, 5.41) is 0. The number of nitrogens with zero attached hydrogens (tertiary/aromatic N) is 1. The number of carbonyl (C=O) groups is 1. The van der Waals surface area contributed by atoms with Gasteiger partial charge in [-0.2, -0.15) is 13.2 Å². The Kier molecular flexibility index (Phi) is 3.33. The fraction of sp³-hybridized carbons (Fsp3) is 0.0769. The first-order valence-corrected chi connectivity index (χ1v) is 5.20. The summed E-state index contributed by atoms with van der Waals surface area (Å²) in [5.41, 5.74) is -1.04. The van der Waals surface area contributed by atoms with Gasteiger partial charge in [-0.3, -0.25) is 9.78 Å². The average molecular weight is 269 g/mol. The van der Waals surface area contributed by atoms with Crippen LogP contribution in [-0.2, 0) is 6.18 Å². The third-order valence-electron chi connectivity index (χ3n) is 2.49. The normalized spacial score (nSPS) is 11.4. The lowest BCUT2D eigenvalue weighted by Gasteiger charge is -2.10. The molecule has 19 heavy (non-hydrogen) atoms. The number of hydrogen-bond donors (Lipinski definition) is 0. The van der Waals surface area contributed by atoms with Crippen LogP contribution in [-0.4, -0.2) is 11.3 Å². The first-order chi connectivity index (χ1) is 8.91. The second-order valence-corrected chi connectivity index (χ2v) is 3.78. The van der Waals surface area contributed by atoms with Gasteiger partial charge in [-0.15, -0.1) is 0 Å². The van der Waals surface area contributed by atoms with Crippen LogP contribution in [0.5, 0.6) is 0 Å². The van der Waals surface area contributed by atoms with Gasteiger partial charge in [-0.1, -0.05) is 12.1 Å². The molecule has 0 N–H and O–H groups in total. The Morgan fingerprint density at radius 3 is 2.47 bits per heavy atom. The van der Waals surface area contributed by atoms with Crippen molar-refractivity contribution in [1.29, 1.82) is 0 Å². The number of rotatable bonds is 2. The minimum atomic E-state index is -4.57. The quantitative estimate of drug-likeness (QED) is 0.614. The summed E-state index contributed by atoms with van der Waals surface area (Å²) in [6.07, 6.45) is -3.66. The van der Waals surface area contributed by atoms with Crippen molar-refractivity contribution in [1.82, 2.24) is 4.98 Å². The Morgan fingerprint density at radius 1 is 1.16 bits per heavy atom. The fourth-order valence-corrected chi connectivity index (χ4v) is 1.61. The molecule has 0 aliphatic rings. The maximum absolute atomic E-state index is 13.1. The Labute approximate surface area is 105 Å². The molecule has 2 aromatic rings. The molecule has 0 bridgehead atoms. The van der Waals surface area contributed by atoms with Crippen molar-refractivity contribution in [2.24, 2.45) is 0 Å². The summed E-state index contributed by atoms with van der Waals surface area (Å²) in [6, 6.07) is 5.74. The van der Waals surface area contributed by atoms with Crippen LogP contribution in [0.2, 0.25) is 0 Å². The summed E-state index contributed by atoms with van der Waals surface area (Å²) in [4.78, 5) is 14.3. The van der Waals surface area contributed by atoms with Crippen LogP contribution in [0.15, 0.2) is 36.5 Å². The van der Waals surface area contributed by atoms with Crippen LogP contribution in [0, 0.1) is 5.82 Å². The average Bonchev–Trinajstić information content (AvgIpc) is 2.37. The third-order valence-corrected chi connectivity index (χ3v) is 2.49. The van der Waals surface area contributed by atoms with Crippen molar-refractivity contribution >= 4 is 6.29 Å². The zero-order valence-electron chi connectivity index (χ0n) is 9.41. The van der Waals surface area contributed by atoms with Gasteiger partial charge in [-0.05, 0) is 23.8 Å². The van der Waals surface area contributed by atoms with Gasteiger partial charge >= 0.3 is 6.18 Å². The molecule has 0 aliphatic heterocycles. The van der Waals surface area contributed by atoms with E-state index in [1.807, 2.05) is 0 Å². The lowest BCUT2D eigenvalue weighted by atomic mass is 10.0. The van der Waals surface area contributed by atoms with Gasteiger partial charge in [-0.25, -0.2) is 4.39 Å². The Balaban J connectivity index is 2.63. The molecule has 2 nitrogen and oxygen atoms in total. The molecule has 0 aliphatic carbocycles. The molecule has 0 saturated heterocycles. The molecule has 0 fully saturated rings. The van der Waals surface area contributed by atoms with E-state index in [2.05, 4.69) is 4.98 Å². The van der Waals surface area contributed by atoms with E-state index in [9.17, 15) is 22.4 Å². The molecule has 0 amide bonds. The van der Waals surface area contributed by atoms with Gasteiger partial charge in [0.15, 0.2) is 6.29 Å². The van der Waals surface area contributed by atoms with Crippen LogP contribution in [0.4, 0.5) is 17.6 Å². The number of hydrogen-bond acceptors (Lipinski definition) is 2. The van der Waals surface area contributed by atoms with Crippen LogP contribution in [0.25, 0.3) is 11.1 Å². The molecule has 98 valence electrons. The zero-order chi connectivity index (χ0) is 14.0. The standard InChI is InChI=1S/C13H7F4NO/c14-10-3-1-2-8(4-10)11-5-9(13(15,16)17)6-18-12(11)7-19/h1-7H. The minimum absolute atomic E-state index is 0.0516. The van der Waals surface area contributed by atoms with Crippen molar-refractivity contribution in [2.75, 3.05) is 0 Å². The van der Waals surface area contributed by atoms with E-state index in [1.54, 1.807) is 0 Å². The molecule has 0 radical (unpaired) electrons. The van der Waals surface area contributed by atoms with Gasteiger partial charge in [0.1, 0.15) is 11.5 Å². The largest absolute Gasteiger partial charge is 0.417 e. The molecule has 0 spiro atoms. The fourth-order valence-electron chi connectivity index (χ4n) is 1.61. The number of aromatic nitrogens is 1. The number of benzene rings is 1. The molecular weight excluding hydrogens is 262 g/mol. The predicted molar refractivity (Wildman–Crippen MR) is 60.0 cm³/mol. The summed E-state index contributed by atoms with van der Waals surface area (Å²) in [7, 11) is 0. The van der Waals surface area contributed by atoms with Crippen molar-refractivity contribution in [3.8, 4) is 11.1 Å². The zero-order valence-corrected chi connectivity index (χ0v) is 9.41. The summed E-state index contributed by atoms with van der Waals surface area (Å²) in [5.74, 6) is -0.605. The molecule has 0 atom stereocenters. The summed E-state index contributed by atoms with van der Waals surface area (Å²) >= 11 is 0. The van der Waals surface area contributed by atoms with E-state index in [0.29, 0.717) is 12.5 Å². The topological polar surface area (TPSA) is 30.0 Å². The Hall–Kier alpha value is -2.24. The molecule has 2 rings (SSSR count). The second-order valence-electron chi connectivity index (χ2n) is 3.78. The molecule has 1 aromatic heterocycles. The maximum atomic E-state index is 13.1. The first kappa shape index (κ1) is 13.2. The molecule has 0 unspecified atom stereocenters. The highest BCUT2D eigenvalue weighted by Gasteiger charge is 2.31. The first-order valence-electron chi connectivity index (χ1n) is 5.20. The van der Waals surface area contributed by atoms with E-state index in [0.717, 1.165) is 18.2 Å². The van der Waals surface area contributed by atoms with Gasteiger partial charge < -0.3 is 0 Å². The van der Waals surface area contributed by atoms with Crippen LogP contribution in [0.1, 0.15) is 16.1 Å².